The van der Waals surface area contributed by atoms with Crippen LogP contribution in [0.4, 0.5) is 6.01 Å². The molecule has 0 aromatic carbocycles. The lowest BCUT2D eigenvalue weighted by atomic mass is 10.0. The molecule has 1 amide bonds. The molecule has 2 rings (SSSR count). The first-order valence-corrected chi connectivity index (χ1v) is 5.01. The number of amides is 1. The normalized spacial score (nSPS) is 25.5. The van der Waals surface area contributed by atoms with Crippen LogP contribution >= 0.6 is 0 Å². The molecule has 1 aromatic heterocycles. The maximum atomic E-state index is 11.7. The number of nitrogens with one attached hydrogen (secondary N) is 2. The summed E-state index contributed by atoms with van der Waals surface area (Å²) in [5, 5.41) is 13.1. The summed E-state index contributed by atoms with van der Waals surface area (Å²) in [6, 6.07) is 0.00982. The molecule has 1 saturated heterocycles. The van der Waals surface area contributed by atoms with Gasteiger partial charge in [-0.25, -0.2) is 0 Å². The van der Waals surface area contributed by atoms with Gasteiger partial charge in [-0.05, 0) is 18.9 Å². The van der Waals surface area contributed by atoms with Crippen molar-refractivity contribution in [1.29, 1.82) is 0 Å². The molecule has 2 N–H and O–H groups in total. The van der Waals surface area contributed by atoms with Gasteiger partial charge in [0.15, 0.2) is 0 Å². The molecule has 1 fully saturated rings. The van der Waals surface area contributed by atoms with Crippen molar-refractivity contribution in [3.8, 4) is 0 Å². The maximum Gasteiger partial charge on any atom is 0.322 e. The zero-order valence-electron chi connectivity index (χ0n) is 8.78. The monoisotopic (exact) mass is 210 g/mol. The minimum absolute atomic E-state index is 0.108. The molecule has 2 unspecified atom stereocenters. The zero-order chi connectivity index (χ0) is 10.8. The van der Waals surface area contributed by atoms with E-state index < -0.39 is 0 Å². The van der Waals surface area contributed by atoms with Gasteiger partial charge in [0.2, 0.25) is 11.8 Å². The van der Waals surface area contributed by atoms with E-state index in [9.17, 15) is 4.79 Å². The van der Waals surface area contributed by atoms with E-state index in [0.717, 1.165) is 13.0 Å². The number of hydrogen-bond acceptors (Lipinski definition) is 5. The summed E-state index contributed by atoms with van der Waals surface area (Å²) in [5.41, 5.74) is 0. The maximum absolute atomic E-state index is 11.7. The number of carbonyl (C=O) groups is 1. The molecule has 0 bridgehead atoms. The van der Waals surface area contributed by atoms with Crippen LogP contribution in [-0.2, 0) is 4.79 Å². The highest BCUT2D eigenvalue weighted by atomic mass is 16.4. The van der Waals surface area contributed by atoms with E-state index in [1.807, 2.05) is 6.92 Å². The summed E-state index contributed by atoms with van der Waals surface area (Å²) in [6.45, 7) is 4.60. The minimum Gasteiger partial charge on any atom is -0.408 e. The first-order valence-electron chi connectivity index (χ1n) is 5.01. The summed E-state index contributed by atoms with van der Waals surface area (Å²) in [7, 11) is 0. The standard InChI is InChI=1S/C9H14N4O2/c1-5-3-4-10-7(5)8(14)11-9-13-12-6(2)15-9/h5,7,10H,3-4H2,1-2H3,(H,11,13,14). The first-order chi connectivity index (χ1) is 7.16. The van der Waals surface area contributed by atoms with Crippen LogP contribution in [0.15, 0.2) is 4.42 Å². The van der Waals surface area contributed by atoms with Crippen LogP contribution in [0.2, 0.25) is 0 Å². The summed E-state index contributed by atoms with van der Waals surface area (Å²) in [5.74, 6) is 0.676. The van der Waals surface area contributed by atoms with E-state index in [2.05, 4.69) is 20.8 Å². The second-order valence-electron chi connectivity index (χ2n) is 3.81. The van der Waals surface area contributed by atoms with Crippen LogP contribution in [0.5, 0.6) is 0 Å². The van der Waals surface area contributed by atoms with E-state index in [4.69, 9.17) is 4.42 Å². The summed E-state index contributed by atoms with van der Waals surface area (Å²) in [4.78, 5) is 11.7. The van der Waals surface area contributed by atoms with Gasteiger partial charge in [-0.2, -0.15) is 0 Å². The average molecular weight is 210 g/mol. The van der Waals surface area contributed by atoms with Gasteiger partial charge in [0.25, 0.3) is 0 Å². The quantitative estimate of drug-likeness (QED) is 0.734. The number of carbonyl (C=O) groups excluding carboxylic acids is 1. The highest BCUT2D eigenvalue weighted by Crippen LogP contribution is 2.16. The van der Waals surface area contributed by atoms with Gasteiger partial charge < -0.3 is 9.73 Å². The largest absolute Gasteiger partial charge is 0.408 e. The van der Waals surface area contributed by atoms with Crippen LogP contribution in [0.25, 0.3) is 0 Å². The first kappa shape index (κ1) is 10.1. The summed E-state index contributed by atoms with van der Waals surface area (Å²) in [6.07, 6.45) is 1.01. The van der Waals surface area contributed by atoms with Crippen molar-refractivity contribution in [3.05, 3.63) is 5.89 Å². The van der Waals surface area contributed by atoms with Crippen LogP contribution in [0.3, 0.4) is 0 Å². The third-order valence-corrected chi connectivity index (χ3v) is 2.57. The Labute approximate surface area is 87.4 Å². The Balaban J connectivity index is 1.97. The fourth-order valence-electron chi connectivity index (χ4n) is 1.72. The van der Waals surface area contributed by atoms with Gasteiger partial charge in [0.1, 0.15) is 0 Å². The second kappa shape index (κ2) is 3.98. The number of aromatic nitrogens is 2. The Morgan fingerprint density at radius 2 is 2.40 bits per heavy atom. The number of anilines is 1. The van der Waals surface area contributed by atoms with Crippen LogP contribution in [-0.4, -0.2) is 28.7 Å². The molecule has 15 heavy (non-hydrogen) atoms. The van der Waals surface area contributed by atoms with Gasteiger partial charge >= 0.3 is 6.01 Å². The van der Waals surface area contributed by atoms with Crippen molar-refractivity contribution in [1.82, 2.24) is 15.5 Å². The van der Waals surface area contributed by atoms with Gasteiger partial charge in [-0.3, -0.25) is 10.1 Å². The van der Waals surface area contributed by atoms with Gasteiger partial charge in [-0.1, -0.05) is 12.0 Å². The molecular weight excluding hydrogens is 196 g/mol. The zero-order valence-corrected chi connectivity index (χ0v) is 8.78. The predicted molar refractivity (Wildman–Crippen MR) is 53.2 cm³/mol. The summed E-state index contributed by atoms with van der Waals surface area (Å²) < 4.78 is 5.07. The fourth-order valence-corrected chi connectivity index (χ4v) is 1.72. The second-order valence-corrected chi connectivity index (χ2v) is 3.81. The highest BCUT2D eigenvalue weighted by Gasteiger charge is 2.29. The Kier molecular flexibility index (Phi) is 2.68. The van der Waals surface area contributed by atoms with E-state index in [1.165, 1.54) is 0 Å². The Morgan fingerprint density at radius 3 is 2.93 bits per heavy atom. The van der Waals surface area contributed by atoms with Crippen LogP contribution in [0.1, 0.15) is 19.2 Å². The SMILES string of the molecule is Cc1nnc(NC(=O)C2NCCC2C)o1. The molecular formula is C9H14N4O2. The fraction of sp³-hybridized carbons (Fsp3) is 0.667. The van der Waals surface area contributed by atoms with Crippen LogP contribution < -0.4 is 10.6 Å². The van der Waals surface area contributed by atoms with Crippen molar-refractivity contribution in [2.75, 3.05) is 11.9 Å². The van der Waals surface area contributed by atoms with Gasteiger partial charge in [0, 0.05) is 6.92 Å². The Morgan fingerprint density at radius 1 is 1.60 bits per heavy atom. The molecule has 2 heterocycles. The van der Waals surface area contributed by atoms with Crippen molar-refractivity contribution in [2.45, 2.75) is 26.3 Å². The highest BCUT2D eigenvalue weighted by molar-refractivity contribution is 5.93. The lowest BCUT2D eigenvalue weighted by molar-refractivity contribution is -0.118. The van der Waals surface area contributed by atoms with Crippen molar-refractivity contribution >= 4 is 11.9 Å². The molecule has 2 atom stereocenters. The third-order valence-electron chi connectivity index (χ3n) is 2.57. The number of hydrogen-bond donors (Lipinski definition) is 2. The molecule has 6 heteroatoms. The van der Waals surface area contributed by atoms with E-state index in [-0.39, 0.29) is 18.0 Å². The molecule has 82 valence electrons. The van der Waals surface area contributed by atoms with Crippen molar-refractivity contribution < 1.29 is 9.21 Å². The van der Waals surface area contributed by atoms with Gasteiger partial charge in [0.05, 0.1) is 6.04 Å². The van der Waals surface area contributed by atoms with Crippen molar-refractivity contribution in [3.63, 3.8) is 0 Å². The molecule has 0 saturated carbocycles. The lowest BCUT2D eigenvalue weighted by Crippen LogP contribution is -2.39. The minimum atomic E-state index is -0.155. The molecule has 0 aliphatic carbocycles. The molecule has 0 radical (unpaired) electrons. The number of nitrogens with zero attached hydrogens (tertiary/aromatic N) is 2. The molecule has 1 aliphatic heterocycles. The summed E-state index contributed by atoms with van der Waals surface area (Å²) >= 11 is 0. The Bertz CT molecular complexity index is 363. The number of rotatable bonds is 2. The number of aryl methyl sites for hydroxylation is 1. The van der Waals surface area contributed by atoms with E-state index in [1.54, 1.807) is 6.92 Å². The Hall–Kier alpha value is -1.43. The molecule has 1 aliphatic rings. The van der Waals surface area contributed by atoms with E-state index >= 15 is 0 Å². The lowest BCUT2D eigenvalue weighted by Gasteiger charge is -2.13. The smallest absolute Gasteiger partial charge is 0.322 e. The predicted octanol–water partition coefficient (Wildman–Crippen LogP) is 0.315. The average Bonchev–Trinajstić information content (AvgIpc) is 2.75. The molecule has 6 nitrogen and oxygen atoms in total. The topological polar surface area (TPSA) is 80.0 Å². The molecule has 0 spiro atoms. The van der Waals surface area contributed by atoms with Gasteiger partial charge in [-0.15, -0.1) is 5.10 Å². The van der Waals surface area contributed by atoms with Crippen molar-refractivity contribution in [2.24, 2.45) is 5.92 Å². The third kappa shape index (κ3) is 2.15. The van der Waals surface area contributed by atoms with E-state index in [0.29, 0.717) is 11.8 Å². The van der Waals surface area contributed by atoms with Crippen LogP contribution in [0, 0.1) is 12.8 Å². The molecule has 1 aromatic rings.